The summed E-state index contributed by atoms with van der Waals surface area (Å²) in [5.74, 6) is -0.345. The van der Waals surface area contributed by atoms with Crippen molar-refractivity contribution >= 4 is 42.6 Å². The van der Waals surface area contributed by atoms with Crippen molar-refractivity contribution in [2.24, 2.45) is 0 Å². The van der Waals surface area contributed by atoms with E-state index in [0.717, 1.165) is 21.7 Å². The number of rotatable bonds is 2. The van der Waals surface area contributed by atoms with E-state index in [2.05, 4.69) is 9.17 Å². The number of aromatic amines is 1. The van der Waals surface area contributed by atoms with Crippen LogP contribution in [0.4, 0.5) is 13.2 Å². The highest BCUT2D eigenvalue weighted by Crippen LogP contribution is 2.37. The summed E-state index contributed by atoms with van der Waals surface area (Å²) in [5.41, 5.74) is -4.56. The van der Waals surface area contributed by atoms with Gasteiger partial charge in [0.15, 0.2) is 5.75 Å². The van der Waals surface area contributed by atoms with Crippen molar-refractivity contribution in [3.8, 4) is 5.75 Å². The molecular weight excluding hydrogens is 355 g/mol. The average Bonchev–Trinajstić information content (AvgIpc) is 2.96. The SMILES string of the molecule is O=S(=O)(Oc1ccc2c1ccc1c3ccccc3[nH]cc21)C(F)(F)F. The summed E-state index contributed by atoms with van der Waals surface area (Å²) in [4.78, 5) is 3.13. The Hall–Kier alpha value is -2.74. The molecule has 4 aromatic rings. The summed E-state index contributed by atoms with van der Waals surface area (Å²) in [6, 6.07) is 13.7. The van der Waals surface area contributed by atoms with Crippen molar-refractivity contribution < 1.29 is 25.8 Å². The molecule has 0 bridgehead atoms. The van der Waals surface area contributed by atoms with Gasteiger partial charge in [-0.05, 0) is 35.0 Å². The van der Waals surface area contributed by atoms with Crippen molar-refractivity contribution in [1.29, 1.82) is 0 Å². The Balaban J connectivity index is 1.94. The zero-order chi connectivity index (χ0) is 17.8. The van der Waals surface area contributed by atoms with Crippen molar-refractivity contribution in [3.63, 3.8) is 0 Å². The van der Waals surface area contributed by atoms with Gasteiger partial charge in [0.25, 0.3) is 0 Å². The number of hydrogen-bond donors (Lipinski definition) is 1. The number of halogens is 3. The van der Waals surface area contributed by atoms with Crippen LogP contribution in [-0.2, 0) is 10.1 Å². The lowest BCUT2D eigenvalue weighted by Crippen LogP contribution is -2.27. The predicted octanol–water partition coefficient (Wildman–Crippen LogP) is 4.70. The fourth-order valence-electron chi connectivity index (χ4n) is 2.90. The molecule has 0 unspecified atom stereocenters. The molecule has 0 aliphatic heterocycles. The van der Waals surface area contributed by atoms with Crippen LogP contribution in [0.25, 0.3) is 32.4 Å². The van der Waals surface area contributed by atoms with Gasteiger partial charge in [-0.15, -0.1) is 0 Å². The van der Waals surface area contributed by atoms with Crippen LogP contribution in [0.2, 0.25) is 0 Å². The van der Waals surface area contributed by atoms with Crippen molar-refractivity contribution in [1.82, 2.24) is 4.98 Å². The van der Waals surface area contributed by atoms with Gasteiger partial charge in [0, 0.05) is 27.9 Å². The molecule has 1 N–H and O–H groups in total. The first-order valence-corrected chi connectivity index (χ1v) is 8.61. The molecule has 0 amide bonds. The molecule has 0 saturated heterocycles. The molecule has 0 spiro atoms. The number of pyridine rings is 1. The Labute approximate surface area is 139 Å². The lowest BCUT2D eigenvalue weighted by molar-refractivity contribution is -0.0499. The minimum atomic E-state index is -5.71. The molecule has 1 heterocycles. The van der Waals surface area contributed by atoms with Gasteiger partial charge in [0.1, 0.15) is 0 Å². The second kappa shape index (κ2) is 5.13. The Morgan fingerprint density at radius 1 is 0.800 bits per heavy atom. The monoisotopic (exact) mass is 365 g/mol. The Morgan fingerprint density at radius 2 is 1.44 bits per heavy atom. The molecule has 0 fully saturated rings. The Bertz CT molecular complexity index is 1230. The molecule has 0 atom stereocenters. The molecule has 0 saturated carbocycles. The summed E-state index contributed by atoms with van der Waals surface area (Å²) >= 11 is 0. The summed E-state index contributed by atoms with van der Waals surface area (Å²) in [6.07, 6.45) is 1.74. The third-order valence-electron chi connectivity index (χ3n) is 4.03. The zero-order valence-corrected chi connectivity index (χ0v) is 13.3. The highest BCUT2D eigenvalue weighted by Gasteiger charge is 2.48. The molecule has 4 nitrogen and oxygen atoms in total. The smallest absolute Gasteiger partial charge is 0.375 e. The molecule has 1 aromatic heterocycles. The van der Waals surface area contributed by atoms with Crippen molar-refractivity contribution in [2.75, 3.05) is 0 Å². The first-order chi connectivity index (χ1) is 11.8. The van der Waals surface area contributed by atoms with E-state index >= 15 is 0 Å². The lowest BCUT2D eigenvalue weighted by atomic mass is 10.0. The molecule has 0 radical (unpaired) electrons. The Morgan fingerprint density at radius 3 is 2.20 bits per heavy atom. The largest absolute Gasteiger partial charge is 0.534 e. The van der Waals surface area contributed by atoms with Crippen LogP contribution in [0.5, 0.6) is 5.75 Å². The minimum Gasteiger partial charge on any atom is -0.375 e. The van der Waals surface area contributed by atoms with Gasteiger partial charge < -0.3 is 9.17 Å². The number of fused-ring (bicyclic) bond motifs is 5. The lowest BCUT2D eigenvalue weighted by Gasteiger charge is -2.09. The van der Waals surface area contributed by atoms with E-state index in [-0.39, 0.29) is 5.75 Å². The van der Waals surface area contributed by atoms with E-state index in [1.165, 1.54) is 6.07 Å². The van der Waals surface area contributed by atoms with Gasteiger partial charge in [-0.25, -0.2) is 0 Å². The summed E-state index contributed by atoms with van der Waals surface area (Å²) < 4.78 is 64.4. The number of benzene rings is 2. The maximum Gasteiger partial charge on any atom is 0.534 e. The molecule has 3 aromatic carbocycles. The average molecular weight is 365 g/mol. The van der Waals surface area contributed by atoms with E-state index in [0.29, 0.717) is 10.8 Å². The molecule has 0 aliphatic rings. The van der Waals surface area contributed by atoms with Crippen LogP contribution in [0.15, 0.2) is 54.7 Å². The van der Waals surface area contributed by atoms with Crippen LogP contribution >= 0.6 is 0 Å². The fourth-order valence-corrected chi connectivity index (χ4v) is 3.38. The van der Waals surface area contributed by atoms with Crippen LogP contribution in [0.3, 0.4) is 0 Å². The number of H-pyrrole nitrogens is 1. The third-order valence-corrected chi connectivity index (χ3v) is 4.99. The molecule has 128 valence electrons. The summed E-state index contributed by atoms with van der Waals surface area (Å²) in [6.45, 7) is 0. The van der Waals surface area contributed by atoms with E-state index in [4.69, 9.17) is 0 Å². The molecule has 4 rings (SSSR count). The molecule has 8 heteroatoms. The quantitative estimate of drug-likeness (QED) is 0.318. The normalized spacial score (nSPS) is 12.9. The standard InChI is InChI=1S/C17H10F3NO3S/c18-17(19,20)25(22,23)24-16-8-7-11-13(16)6-5-10-12-3-1-2-4-15(12)21-9-14(10)11/h1-9,21H. The van der Waals surface area contributed by atoms with E-state index in [1.807, 2.05) is 24.3 Å². The van der Waals surface area contributed by atoms with Crippen LogP contribution in [-0.4, -0.2) is 18.9 Å². The van der Waals surface area contributed by atoms with Crippen LogP contribution in [0.1, 0.15) is 0 Å². The van der Waals surface area contributed by atoms with Gasteiger partial charge >= 0.3 is 15.6 Å². The van der Waals surface area contributed by atoms with Gasteiger partial charge in [0.05, 0.1) is 0 Å². The number of para-hydroxylation sites is 1. The molecule has 0 aliphatic carbocycles. The predicted molar refractivity (Wildman–Crippen MR) is 88.9 cm³/mol. The number of nitrogens with one attached hydrogen (secondary N) is 1. The van der Waals surface area contributed by atoms with E-state index in [9.17, 15) is 21.6 Å². The maximum atomic E-state index is 12.5. The van der Waals surface area contributed by atoms with Crippen LogP contribution in [0, 0.1) is 0 Å². The van der Waals surface area contributed by atoms with E-state index < -0.39 is 15.6 Å². The number of alkyl halides is 3. The van der Waals surface area contributed by atoms with Gasteiger partial charge in [-0.1, -0.05) is 24.3 Å². The topological polar surface area (TPSA) is 59.2 Å². The second-order valence-corrected chi connectivity index (χ2v) is 7.04. The van der Waals surface area contributed by atoms with Gasteiger partial charge in [-0.3, -0.25) is 0 Å². The molecular formula is C17H10F3NO3S. The summed E-state index contributed by atoms with van der Waals surface area (Å²) in [5, 5.41) is 3.51. The van der Waals surface area contributed by atoms with Crippen molar-refractivity contribution in [2.45, 2.75) is 5.51 Å². The fraction of sp³-hybridized carbons (Fsp3) is 0.0588. The van der Waals surface area contributed by atoms with Crippen LogP contribution < -0.4 is 4.18 Å². The Kier molecular flexibility index (Phi) is 3.23. The maximum absolute atomic E-state index is 12.5. The molecule has 25 heavy (non-hydrogen) atoms. The first kappa shape index (κ1) is 15.8. The number of aromatic nitrogens is 1. The first-order valence-electron chi connectivity index (χ1n) is 7.20. The van der Waals surface area contributed by atoms with Gasteiger partial charge in [0.2, 0.25) is 0 Å². The second-order valence-electron chi connectivity index (χ2n) is 5.50. The number of hydrogen-bond acceptors (Lipinski definition) is 3. The van der Waals surface area contributed by atoms with Gasteiger partial charge in [-0.2, -0.15) is 21.6 Å². The minimum absolute atomic E-state index is 0.295. The zero-order valence-electron chi connectivity index (χ0n) is 12.5. The van der Waals surface area contributed by atoms with E-state index in [1.54, 1.807) is 24.4 Å². The van der Waals surface area contributed by atoms with Crippen molar-refractivity contribution in [3.05, 3.63) is 54.7 Å². The highest BCUT2D eigenvalue weighted by atomic mass is 32.2. The summed E-state index contributed by atoms with van der Waals surface area (Å²) in [7, 11) is -5.71. The highest BCUT2D eigenvalue weighted by molar-refractivity contribution is 7.88. The third kappa shape index (κ3) is 2.41.